The van der Waals surface area contributed by atoms with Crippen molar-refractivity contribution in [2.45, 2.75) is 19.8 Å². The number of pyridine rings is 1. The predicted molar refractivity (Wildman–Crippen MR) is 97.4 cm³/mol. The van der Waals surface area contributed by atoms with Crippen LogP contribution in [-0.4, -0.2) is 30.5 Å². The number of anilines is 1. The van der Waals surface area contributed by atoms with E-state index in [1.54, 1.807) is 18.2 Å². The Morgan fingerprint density at radius 3 is 2.72 bits per heavy atom. The number of amides is 2. The fourth-order valence-corrected chi connectivity index (χ4v) is 2.31. The highest BCUT2D eigenvalue weighted by molar-refractivity contribution is 6.31. The Hall–Kier alpha value is -2.60. The lowest BCUT2D eigenvalue weighted by Crippen LogP contribution is -2.25. The van der Waals surface area contributed by atoms with Crippen molar-refractivity contribution in [3.8, 4) is 5.75 Å². The Morgan fingerprint density at radius 1 is 1.20 bits per heavy atom. The van der Waals surface area contributed by atoms with Gasteiger partial charge in [0.25, 0.3) is 11.8 Å². The summed E-state index contributed by atoms with van der Waals surface area (Å²) in [7, 11) is 1.50. The van der Waals surface area contributed by atoms with E-state index in [0.29, 0.717) is 28.6 Å². The average Bonchev–Trinajstić information content (AvgIpc) is 2.62. The van der Waals surface area contributed by atoms with Gasteiger partial charge in [-0.1, -0.05) is 24.9 Å². The van der Waals surface area contributed by atoms with Crippen molar-refractivity contribution in [2.24, 2.45) is 0 Å². The molecule has 0 spiro atoms. The van der Waals surface area contributed by atoms with Gasteiger partial charge < -0.3 is 15.4 Å². The standard InChI is InChI=1S/C18H20ClN3O3/c1-3-4-8-21-18(24)15-10-12(7-9-20-15)17(23)22-14-11-13(19)5-6-16(14)25-2/h5-7,9-11H,3-4,8H2,1-2H3,(H,21,24)(H,22,23). The number of ether oxygens (including phenoxy) is 1. The molecule has 2 rings (SSSR count). The Kier molecular flexibility index (Phi) is 6.77. The van der Waals surface area contributed by atoms with Crippen LogP contribution >= 0.6 is 11.6 Å². The third-order valence-electron chi connectivity index (χ3n) is 3.48. The quantitative estimate of drug-likeness (QED) is 0.739. The third-order valence-corrected chi connectivity index (χ3v) is 3.72. The highest BCUT2D eigenvalue weighted by Crippen LogP contribution is 2.28. The minimum Gasteiger partial charge on any atom is -0.495 e. The van der Waals surface area contributed by atoms with E-state index in [2.05, 4.69) is 15.6 Å². The second-order valence-electron chi connectivity index (χ2n) is 5.34. The van der Waals surface area contributed by atoms with Crippen LogP contribution in [0.25, 0.3) is 0 Å². The van der Waals surface area contributed by atoms with Gasteiger partial charge >= 0.3 is 0 Å². The molecule has 25 heavy (non-hydrogen) atoms. The number of rotatable bonds is 7. The number of hydrogen-bond acceptors (Lipinski definition) is 4. The lowest BCUT2D eigenvalue weighted by atomic mass is 10.2. The number of hydrogen-bond donors (Lipinski definition) is 2. The first-order valence-electron chi connectivity index (χ1n) is 7.94. The zero-order chi connectivity index (χ0) is 18.2. The first-order valence-corrected chi connectivity index (χ1v) is 8.32. The maximum Gasteiger partial charge on any atom is 0.269 e. The highest BCUT2D eigenvalue weighted by atomic mass is 35.5. The summed E-state index contributed by atoms with van der Waals surface area (Å²) in [6.07, 6.45) is 3.30. The molecular formula is C18H20ClN3O3. The van der Waals surface area contributed by atoms with E-state index in [1.807, 2.05) is 6.92 Å². The zero-order valence-electron chi connectivity index (χ0n) is 14.1. The summed E-state index contributed by atoms with van der Waals surface area (Å²) in [5.41, 5.74) is 0.963. The molecule has 0 saturated heterocycles. The van der Waals surface area contributed by atoms with Gasteiger partial charge in [0.1, 0.15) is 11.4 Å². The van der Waals surface area contributed by atoms with E-state index in [9.17, 15) is 9.59 Å². The zero-order valence-corrected chi connectivity index (χ0v) is 14.9. The number of benzene rings is 1. The number of methoxy groups -OCH3 is 1. The Morgan fingerprint density at radius 2 is 2.00 bits per heavy atom. The van der Waals surface area contributed by atoms with Crippen LogP contribution in [0.2, 0.25) is 5.02 Å². The molecule has 0 fully saturated rings. The summed E-state index contributed by atoms with van der Waals surface area (Å²) in [5.74, 6) is -0.196. The van der Waals surface area contributed by atoms with E-state index < -0.39 is 0 Å². The van der Waals surface area contributed by atoms with Gasteiger partial charge in [-0.25, -0.2) is 0 Å². The number of carbonyl (C=O) groups is 2. The molecule has 1 heterocycles. The Balaban J connectivity index is 2.13. The minimum atomic E-state index is -0.384. The SMILES string of the molecule is CCCCNC(=O)c1cc(C(=O)Nc2cc(Cl)ccc2OC)ccn1. The molecule has 7 heteroatoms. The molecule has 0 bridgehead atoms. The number of carbonyl (C=O) groups excluding carboxylic acids is 2. The lowest BCUT2D eigenvalue weighted by Gasteiger charge is -2.11. The van der Waals surface area contributed by atoms with Gasteiger partial charge in [-0.3, -0.25) is 14.6 Å². The first-order chi connectivity index (χ1) is 12.0. The number of aromatic nitrogens is 1. The molecule has 0 aliphatic heterocycles. The fraction of sp³-hybridized carbons (Fsp3) is 0.278. The van der Waals surface area contributed by atoms with Crippen LogP contribution in [0.15, 0.2) is 36.5 Å². The van der Waals surface area contributed by atoms with Gasteiger partial charge in [-0.05, 0) is 36.8 Å². The smallest absolute Gasteiger partial charge is 0.269 e. The Labute approximate surface area is 151 Å². The fourth-order valence-electron chi connectivity index (χ4n) is 2.14. The largest absolute Gasteiger partial charge is 0.495 e. The normalized spacial score (nSPS) is 10.2. The minimum absolute atomic E-state index is 0.196. The topological polar surface area (TPSA) is 80.3 Å². The van der Waals surface area contributed by atoms with Gasteiger partial charge in [0, 0.05) is 23.3 Å². The molecule has 6 nitrogen and oxygen atoms in total. The molecule has 1 aromatic heterocycles. The van der Waals surface area contributed by atoms with Crippen LogP contribution in [0, 0.1) is 0 Å². The number of nitrogens with one attached hydrogen (secondary N) is 2. The third kappa shape index (κ3) is 5.19. The number of nitrogens with zero attached hydrogens (tertiary/aromatic N) is 1. The first kappa shape index (κ1) is 18.7. The van der Waals surface area contributed by atoms with Crippen LogP contribution in [0.3, 0.4) is 0 Å². The second kappa shape index (κ2) is 9.03. The van der Waals surface area contributed by atoms with Gasteiger partial charge in [-0.15, -0.1) is 0 Å². The van der Waals surface area contributed by atoms with Crippen LogP contribution in [-0.2, 0) is 0 Å². The molecular weight excluding hydrogens is 342 g/mol. The van der Waals surface area contributed by atoms with Crippen molar-refractivity contribution in [2.75, 3.05) is 19.0 Å². The van der Waals surface area contributed by atoms with E-state index >= 15 is 0 Å². The monoisotopic (exact) mass is 361 g/mol. The van der Waals surface area contributed by atoms with Crippen LogP contribution in [0.1, 0.15) is 40.6 Å². The molecule has 0 saturated carbocycles. The summed E-state index contributed by atoms with van der Waals surface area (Å²) in [4.78, 5) is 28.5. The molecule has 0 aliphatic carbocycles. The van der Waals surface area contributed by atoms with Crippen LogP contribution < -0.4 is 15.4 Å². The van der Waals surface area contributed by atoms with Gasteiger partial charge in [0.05, 0.1) is 12.8 Å². The molecule has 0 atom stereocenters. The molecule has 0 unspecified atom stereocenters. The van der Waals surface area contributed by atoms with Gasteiger partial charge in [0.15, 0.2) is 0 Å². The van der Waals surface area contributed by atoms with E-state index in [0.717, 1.165) is 12.8 Å². The summed E-state index contributed by atoms with van der Waals surface area (Å²) in [6, 6.07) is 7.92. The summed E-state index contributed by atoms with van der Waals surface area (Å²) >= 11 is 5.96. The van der Waals surface area contributed by atoms with Crippen molar-refractivity contribution in [1.82, 2.24) is 10.3 Å². The second-order valence-corrected chi connectivity index (χ2v) is 5.77. The maximum atomic E-state index is 12.5. The van der Waals surface area contributed by atoms with Crippen molar-refractivity contribution in [1.29, 1.82) is 0 Å². The van der Waals surface area contributed by atoms with Crippen molar-refractivity contribution < 1.29 is 14.3 Å². The summed E-state index contributed by atoms with van der Waals surface area (Å²) in [5, 5.41) is 5.97. The van der Waals surface area contributed by atoms with Gasteiger partial charge in [-0.2, -0.15) is 0 Å². The molecule has 1 aromatic carbocycles. The molecule has 132 valence electrons. The predicted octanol–water partition coefficient (Wildman–Crippen LogP) is 3.53. The molecule has 0 radical (unpaired) electrons. The molecule has 2 amide bonds. The molecule has 0 aliphatic rings. The molecule has 2 aromatic rings. The van der Waals surface area contributed by atoms with Crippen molar-refractivity contribution in [3.63, 3.8) is 0 Å². The maximum absolute atomic E-state index is 12.5. The highest BCUT2D eigenvalue weighted by Gasteiger charge is 2.13. The summed E-state index contributed by atoms with van der Waals surface area (Å²) in [6.45, 7) is 2.62. The van der Waals surface area contributed by atoms with E-state index in [1.165, 1.54) is 25.4 Å². The lowest BCUT2D eigenvalue weighted by molar-refractivity contribution is 0.0948. The van der Waals surface area contributed by atoms with E-state index in [4.69, 9.17) is 16.3 Å². The van der Waals surface area contributed by atoms with Crippen molar-refractivity contribution in [3.05, 3.63) is 52.8 Å². The van der Waals surface area contributed by atoms with Crippen LogP contribution in [0.5, 0.6) is 5.75 Å². The van der Waals surface area contributed by atoms with Gasteiger partial charge in [0.2, 0.25) is 0 Å². The van der Waals surface area contributed by atoms with Crippen molar-refractivity contribution >= 4 is 29.1 Å². The number of unbranched alkanes of at least 4 members (excludes halogenated alkanes) is 1. The average molecular weight is 362 g/mol. The van der Waals surface area contributed by atoms with Crippen LogP contribution in [0.4, 0.5) is 5.69 Å². The molecule has 2 N–H and O–H groups in total. The summed E-state index contributed by atoms with van der Waals surface area (Å²) < 4.78 is 5.20. The number of halogens is 1. The Bertz CT molecular complexity index is 765. The van der Waals surface area contributed by atoms with E-state index in [-0.39, 0.29) is 17.5 Å².